The van der Waals surface area contributed by atoms with Gasteiger partial charge in [0.25, 0.3) is 0 Å². The van der Waals surface area contributed by atoms with Gasteiger partial charge in [-0.15, -0.1) is 0 Å². The van der Waals surface area contributed by atoms with Gasteiger partial charge in [0.15, 0.2) is 0 Å². The van der Waals surface area contributed by atoms with Crippen LogP contribution in [0.3, 0.4) is 0 Å². The highest BCUT2D eigenvalue weighted by Gasteiger charge is 2.28. The van der Waals surface area contributed by atoms with Crippen molar-refractivity contribution in [1.29, 1.82) is 0 Å². The van der Waals surface area contributed by atoms with Crippen molar-refractivity contribution in [3.05, 3.63) is 0 Å². The summed E-state index contributed by atoms with van der Waals surface area (Å²) in [4.78, 5) is 0. The van der Waals surface area contributed by atoms with Crippen LogP contribution in [0.2, 0.25) is 0 Å². The summed E-state index contributed by atoms with van der Waals surface area (Å²) in [6.45, 7) is 7.59. The van der Waals surface area contributed by atoms with Gasteiger partial charge in [0.2, 0.25) is 0 Å². The fraction of sp³-hybridized carbons (Fsp3) is 1.00. The Hall–Kier alpha value is -0.0800. The van der Waals surface area contributed by atoms with E-state index in [0.717, 1.165) is 18.9 Å². The highest BCUT2D eigenvalue weighted by atomic mass is 16.5. The van der Waals surface area contributed by atoms with Crippen LogP contribution in [-0.4, -0.2) is 18.8 Å². The normalized spacial score (nSPS) is 29.2. The van der Waals surface area contributed by atoms with E-state index in [-0.39, 0.29) is 0 Å². The van der Waals surface area contributed by atoms with Gasteiger partial charge in [0.1, 0.15) is 0 Å². The van der Waals surface area contributed by atoms with E-state index in [1.807, 2.05) is 0 Å². The fourth-order valence-corrected chi connectivity index (χ4v) is 2.71. The molecule has 16 heavy (non-hydrogen) atoms. The van der Waals surface area contributed by atoms with E-state index in [9.17, 15) is 0 Å². The molecule has 1 aliphatic heterocycles. The molecule has 96 valence electrons. The average Bonchev–Trinajstić information content (AvgIpc) is 2.70. The van der Waals surface area contributed by atoms with Crippen LogP contribution >= 0.6 is 0 Å². The van der Waals surface area contributed by atoms with Gasteiger partial charge >= 0.3 is 0 Å². The van der Waals surface area contributed by atoms with Crippen molar-refractivity contribution < 1.29 is 4.74 Å². The summed E-state index contributed by atoms with van der Waals surface area (Å²) in [5.41, 5.74) is 6.31. The molecule has 2 nitrogen and oxygen atoms in total. The molecule has 1 rings (SSSR count). The number of rotatable bonds is 7. The van der Waals surface area contributed by atoms with Crippen molar-refractivity contribution >= 4 is 0 Å². The lowest BCUT2D eigenvalue weighted by Crippen LogP contribution is -2.32. The maximum Gasteiger partial charge on any atom is 0.0551 e. The Balaban J connectivity index is 2.27. The summed E-state index contributed by atoms with van der Waals surface area (Å²) < 4.78 is 5.60. The first-order chi connectivity index (χ1) is 7.67. The number of hydrogen-bond acceptors (Lipinski definition) is 2. The maximum absolute atomic E-state index is 6.31. The van der Waals surface area contributed by atoms with E-state index in [2.05, 4.69) is 20.8 Å². The summed E-state index contributed by atoms with van der Waals surface area (Å²) in [7, 11) is 0. The Kier molecular flexibility index (Phi) is 6.37. The molecule has 0 aromatic heterocycles. The van der Waals surface area contributed by atoms with Crippen molar-refractivity contribution in [1.82, 2.24) is 0 Å². The number of nitrogens with two attached hydrogens (primary N) is 1. The zero-order chi connectivity index (χ0) is 12.0. The van der Waals surface area contributed by atoms with Crippen molar-refractivity contribution in [2.75, 3.05) is 6.61 Å². The van der Waals surface area contributed by atoms with Gasteiger partial charge in [0.05, 0.1) is 12.7 Å². The maximum atomic E-state index is 6.31. The van der Waals surface area contributed by atoms with E-state index in [1.54, 1.807) is 0 Å². The third-order valence-corrected chi connectivity index (χ3v) is 3.98. The summed E-state index contributed by atoms with van der Waals surface area (Å²) in [5, 5.41) is 0. The molecule has 1 aliphatic rings. The van der Waals surface area contributed by atoms with Gasteiger partial charge in [-0.2, -0.15) is 0 Å². The van der Waals surface area contributed by atoms with E-state index >= 15 is 0 Å². The molecule has 0 bridgehead atoms. The van der Waals surface area contributed by atoms with E-state index < -0.39 is 0 Å². The van der Waals surface area contributed by atoms with Crippen LogP contribution in [0.15, 0.2) is 0 Å². The Bertz CT molecular complexity index is 184. The second kappa shape index (κ2) is 7.29. The van der Waals surface area contributed by atoms with Gasteiger partial charge in [-0.25, -0.2) is 0 Å². The minimum Gasteiger partial charge on any atom is -0.378 e. The molecule has 2 N–H and O–H groups in total. The monoisotopic (exact) mass is 227 g/mol. The molecule has 0 aromatic carbocycles. The van der Waals surface area contributed by atoms with Crippen LogP contribution in [0, 0.1) is 11.8 Å². The molecule has 0 spiro atoms. The molecule has 0 radical (unpaired) electrons. The number of ether oxygens (including phenoxy) is 1. The van der Waals surface area contributed by atoms with Crippen LogP contribution in [-0.2, 0) is 4.74 Å². The molecular formula is C14H29NO. The van der Waals surface area contributed by atoms with Crippen LogP contribution < -0.4 is 5.73 Å². The first-order valence-corrected chi connectivity index (χ1v) is 7.04. The van der Waals surface area contributed by atoms with E-state index in [1.165, 1.54) is 32.1 Å². The molecule has 0 aromatic rings. The molecule has 1 saturated heterocycles. The van der Waals surface area contributed by atoms with Crippen molar-refractivity contribution in [3.63, 3.8) is 0 Å². The topological polar surface area (TPSA) is 35.2 Å². The van der Waals surface area contributed by atoms with Crippen molar-refractivity contribution in [2.45, 2.75) is 71.4 Å². The van der Waals surface area contributed by atoms with Crippen LogP contribution in [0.4, 0.5) is 0 Å². The molecule has 1 fully saturated rings. The minimum absolute atomic E-state index is 0.353. The highest BCUT2D eigenvalue weighted by molar-refractivity contribution is 4.81. The Labute approximate surface area is 101 Å². The largest absolute Gasteiger partial charge is 0.378 e. The first-order valence-electron chi connectivity index (χ1n) is 7.04. The summed E-state index contributed by atoms with van der Waals surface area (Å²) in [5.74, 6) is 1.43. The zero-order valence-electron chi connectivity index (χ0n) is 11.2. The zero-order valence-corrected chi connectivity index (χ0v) is 11.2. The predicted molar refractivity (Wildman–Crippen MR) is 69.4 cm³/mol. The van der Waals surface area contributed by atoms with Gasteiger partial charge < -0.3 is 10.5 Å². The van der Waals surface area contributed by atoms with E-state index in [0.29, 0.717) is 18.1 Å². The summed E-state index contributed by atoms with van der Waals surface area (Å²) in [6.07, 6.45) is 8.05. The highest BCUT2D eigenvalue weighted by Crippen LogP contribution is 2.27. The van der Waals surface area contributed by atoms with Crippen molar-refractivity contribution in [3.8, 4) is 0 Å². The quantitative estimate of drug-likeness (QED) is 0.724. The summed E-state index contributed by atoms with van der Waals surface area (Å²) >= 11 is 0. The standard InChI is InChI=1S/C14H29NO/c1-4-6-7-12(5-2)9-14(15)13-8-11(3)16-10-13/h11-14H,4-10,15H2,1-3H3. The Morgan fingerprint density at radius 2 is 2.12 bits per heavy atom. The lowest BCUT2D eigenvalue weighted by Gasteiger charge is -2.23. The van der Waals surface area contributed by atoms with Crippen molar-refractivity contribution in [2.24, 2.45) is 17.6 Å². The Morgan fingerprint density at radius 1 is 1.38 bits per heavy atom. The molecule has 2 heteroatoms. The molecule has 4 unspecified atom stereocenters. The molecule has 4 atom stereocenters. The molecule has 0 saturated carbocycles. The number of hydrogen-bond donors (Lipinski definition) is 1. The van der Waals surface area contributed by atoms with Gasteiger partial charge in [-0.3, -0.25) is 0 Å². The first kappa shape index (κ1) is 14.0. The second-order valence-corrected chi connectivity index (χ2v) is 5.46. The predicted octanol–water partition coefficient (Wildman–Crippen LogP) is 3.35. The SMILES string of the molecule is CCCCC(CC)CC(N)C1COC(C)C1. The van der Waals surface area contributed by atoms with Gasteiger partial charge in [-0.05, 0) is 31.6 Å². The Morgan fingerprint density at radius 3 is 2.62 bits per heavy atom. The molecule has 0 amide bonds. The smallest absolute Gasteiger partial charge is 0.0551 e. The van der Waals surface area contributed by atoms with Gasteiger partial charge in [-0.1, -0.05) is 39.5 Å². The lowest BCUT2D eigenvalue weighted by atomic mass is 9.86. The molecule has 0 aliphatic carbocycles. The average molecular weight is 227 g/mol. The minimum atomic E-state index is 0.353. The summed E-state index contributed by atoms with van der Waals surface area (Å²) in [6, 6.07) is 0.353. The fourth-order valence-electron chi connectivity index (χ4n) is 2.71. The van der Waals surface area contributed by atoms with E-state index in [4.69, 9.17) is 10.5 Å². The van der Waals surface area contributed by atoms with Gasteiger partial charge in [0, 0.05) is 6.04 Å². The third kappa shape index (κ3) is 4.42. The lowest BCUT2D eigenvalue weighted by molar-refractivity contribution is 0.117. The third-order valence-electron chi connectivity index (χ3n) is 3.98. The van der Waals surface area contributed by atoms with Crippen LogP contribution in [0.5, 0.6) is 0 Å². The molecule has 1 heterocycles. The number of unbranched alkanes of at least 4 members (excludes halogenated alkanes) is 1. The molecular weight excluding hydrogens is 198 g/mol. The van der Waals surface area contributed by atoms with Crippen LogP contribution in [0.25, 0.3) is 0 Å². The van der Waals surface area contributed by atoms with Crippen LogP contribution in [0.1, 0.15) is 59.3 Å². The second-order valence-electron chi connectivity index (χ2n) is 5.46.